The molecule has 2 aliphatic heterocycles. The highest BCUT2D eigenvalue weighted by atomic mass is 35.5. The number of hydrogen-bond donors (Lipinski definition) is 3. The first-order chi connectivity index (χ1) is 28.4. The molecule has 2 saturated heterocycles. The Morgan fingerprint density at radius 2 is 1.76 bits per heavy atom. The van der Waals surface area contributed by atoms with E-state index in [1.807, 2.05) is 49.4 Å². The lowest BCUT2D eigenvalue weighted by molar-refractivity contribution is 0.0699. The number of fused-ring (bicyclic) bond motifs is 1. The van der Waals surface area contributed by atoms with Crippen LogP contribution in [0.4, 0.5) is 11.4 Å². The number of allylic oxidation sites excluding steroid dienone is 1. The summed E-state index contributed by atoms with van der Waals surface area (Å²) in [5.41, 5.74) is 7.85. The third-order valence-electron chi connectivity index (χ3n) is 12.1. The standard InChI is InChI=1S/C46H53ClN6O5S/c1-31-25-37(12-14-41(31)48-28-32-16-23-57-24-17-32)59(55,56)51-45(54)38-13-11-36(26-44(38)58-43-6-4-5-42-40(43)29-49-50-42)53-21-19-52(20-22-53)30-34-15-18-46(2,3)27-39(34)33-7-9-35(47)10-8-33/h4-14,25-26,29,32,48H,15-24,27-28,30H2,1-3H3,(H,49,50)(H,51,54). The van der Waals surface area contributed by atoms with E-state index in [1.165, 1.54) is 22.8 Å². The number of benzene rings is 4. The van der Waals surface area contributed by atoms with Crippen molar-refractivity contribution < 1.29 is 22.7 Å². The molecular formula is C46H53ClN6O5S. The second-order valence-electron chi connectivity index (χ2n) is 16.9. The van der Waals surface area contributed by atoms with Crippen LogP contribution in [0.5, 0.6) is 11.5 Å². The molecule has 2 fully saturated rings. The summed E-state index contributed by atoms with van der Waals surface area (Å²) in [6.07, 6.45) is 6.94. The number of nitrogens with zero attached hydrogens (tertiary/aromatic N) is 3. The van der Waals surface area contributed by atoms with Gasteiger partial charge in [-0.2, -0.15) is 5.10 Å². The maximum absolute atomic E-state index is 14.0. The van der Waals surface area contributed by atoms with Gasteiger partial charge in [-0.25, -0.2) is 13.1 Å². The maximum Gasteiger partial charge on any atom is 0.268 e. The van der Waals surface area contributed by atoms with Gasteiger partial charge in [-0.05, 0) is 122 Å². The van der Waals surface area contributed by atoms with Crippen molar-refractivity contribution in [2.75, 3.05) is 62.7 Å². The van der Waals surface area contributed by atoms with Gasteiger partial charge in [0.15, 0.2) is 0 Å². The summed E-state index contributed by atoms with van der Waals surface area (Å²) in [4.78, 5) is 18.8. The number of aryl methyl sites for hydroxylation is 1. The van der Waals surface area contributed by atoms with Crippen molar-refractivity contribution in [2.24, 2.45) is 11.3 Å². The Morgan fingerprint density at radius 3 is 2.53 bits per heavy atom. The first-order valence-corrected chi connectivity index (χ1v) is 22.4. The van der Waals surface area contributed by atoms with Gasteiger partial charge in [0.05, 0.1) is 27.6 Å². The minimum absolute atomic E-state index is 0.00748. The summed E-state index contributed by atoms with van der Waals surface area (Å²) in [7, 11) is -4.22. The smallest absolute Gasteiger partial charge is 0.268 e. The minimum atomic E-state index is -4.22. The third kappa shape index (κ3) is 9.62. The van der Waals surface area contributed by atoms with Crippen LogP contribution in [0.2, 0.25) is 5.02 Å². The van der Waals surface area contributed by atoms with Gasteiger partial charge in [-0.3, -0.25) is 14.8 Å². The molecule has 13 heteroatoms. The van der Waals surface area contributed by atoms with Crippen LogP contribution >= 0.6 is 11.6 Å². The molecule has 5 aromatic rings. The molecule has 0 spiro atoms. The molecule has 59 heavy (non-hydrogen) atoms. The van der Waals surface area contributed by atoms with Gasteiger partial charge in [0.1, 0.15) is 11.5 Å². The van der Waals surface area contributed by atoms with Gasteiger partial charge in [-0.15, -0.1) is 0 Å². The van der Waals surface area contributed by atoms with Gasteiger partial charge in [-0.1, -0.05) is 49.2 Å². The number of rotatable bonds is 12. The van der Waals surface area contributed by atoms with E-state index in [9.17, 15) is 13.2 Å². The Morgan fingerprint density at radius 1 is 0.983 bits per heavy atom. The Bertz CT molecular complexity index is 2450. The fraction of sp³-hybridized carbons (Fsp3) is 0.391. The third-order valence-corrected chi connectivity index (χ3v) is 13.6. The molecule has 310 valence electrons. The highest BCUT2D eigenvalue weighted by Gasteiger charge is 2.30. The first-order valence-electron chi connectivity index (χ1n) is 20.6. The summed E-state index contributed by atoms with van der Waals surface area (Å²) in [6.45, 7) is 13.1. The number of nitrogens with one attached hydrogen (secondary N) is 3. The highest BCUT2D eigenvalue weighted by molar-refractivity contribution is 7.90. The number of aromatic amines is 1. The van der Waals surface area contributed by atoms with Crippen molar-refractivity contribution in [3.63, 3.8) is 0 Å². The fourth-order valence-corrected chi connectivity index (χ4v) is 9.65. The second-order valence-corrected chi connectivity index (χ2v) is 19.0. The average Bonchev–Trinajstić information content (AvgIpc) is 3.72. The topological polar surface area (TPSA) is 129 Å². The van der Waals surface area contributed by atoms with Crippen LogP contribution in [0.25, 0.3) is 16.5 Å². The number of sulfonamides is 1. The van der Waals surface area contributed by atoms with Gasteiger partial charge < -0.3 is 19.7 Å². The van der Waals surface area contributed by atoms with Crippen molar-refractivity contribution >= 4 is 55.4 Å². The van der Waals surface area contributed by atoms with E-state index >= 15 is 0 Å². The summed E-state index contributed by atoms with van der Waals surface area (Å²) in [5, 5.41) is 12.1. The number of hydrogen-bond acceptors (Lipinski definition) is 9. The van der Waals surface area contributed by atoms with Crippen LogP contribution in [0.1, 0.15) is 67.4 Å². The second kappa shape index (κ2) is 17.4. The molecule has 0 radical (unpaired) electrons. The Kier molecular flexibility index (Phi) is 12.0. The minimum Gasteiger partial charge on any atom is -0.456 e. The molecule has 0 unspecified atom stereocenters. The molecule has 1 aliphatic carbocycles. The van der Waals surface area contributed by atoms with Crippen LogP contribution in [0.3, 0.4) is 0 Å². The number of carbonyl (C=O) groups is 1. The van der Waals surface area contributed by atoms with E-state index in [4.69, 9.17) is 21.1 Å². The largest absolute Gasteiger partial charge is 0.456 e. The van der Waals surface area contributed by atoms with Crippen LogP contribution in [-0.4, -0.2) is 81.9 Å². The molecule has 4 aromatic carbocycles. The lowest BCUT2D eigenvalue weighted by Crippen LogP contribution is -2.47. The highest BCUT2D eigenvalue weighted by Crippen LogP contribution is 2.43. The van der Waals surface area contributed by atoms with Crippen molar-refractivity contribution in [1.82, 2.24) is 19.8 Å². The Hall–Kier alpha value is -4.88. The number of halogens is 1. The molecule has 3 N–H and O–H groups in total. The predicted molar refractivity (Wildman–Crippen MR) is 235 cm³/mol. The van der Waals surface area contributed by atoms with Crippen LogP contribution in [-0.2, 0) is 14.8 Å². The van der Waals surface area contributed by atoms with Crippen LogP contribution < -0.4 is 19.7 Å². The number of piperazine rings is 1. The molecule has 0 bridgehead atoms. The normalized spacial score (nSPS) is 17.9. The predicted octanol–water partition coefficient (Wildman–Crippen LogP) is 9.06. The first kappa shape index (κ1) is 40.9. The lowest BCUT2D eigenvalue weighted by atomic mass is 9.72. The van der Waals surface area contributed by atoms with E-state index in [0.717, 1.165) is 117 Å². The Balaban J connectivity index is 0.993. The summed E-state index contributed by atoms with van der Waals surface area (Å²) >= 11 is 6.25. The number of ether oxygens (including phenoxy) is 2. The van der Waals surface area contributed by atoms with Gasteiger partial charge >= 0.3 is 0 Å². The molecule has 8 rings (SSSR count). The van der Waals surface area contributed by atoms with E-state index in [0.29, 0.717) is 11.7 Å². The van der Waals surface area contributed by atoms with Gasteiger partial charge in [0.25, 0.3) is 15.9 Å². The van der Waals surface area contributed by atoms with Gasteiger partial charge in [0.2, 0.25) is 0 Å². The molecule has 3 heterocycles. The summed E-state index contributed by atoms with van der Waals surface area (Å²) in [6, 6.07) is 24.0. The zero-order chi connectivity index (χ0) is 41.1. The summed E-state index contributed by atoms with van der Waals surface area (Å²) < 4.78 is 41.6. The monoisotopic (exact) mass is 836 g/mol. The molecule has 3 aliphatic rings. The lowest BCUT2D eigenvalue weighted by Gasteiger charge is -2.39. The average molecular weight is 837 g/mol. The molecule has 11 nitrogen and oxygen atoms in total. The summed E-state index contributed by atoms with van der Waals surface area (Å²) in [5.74, 6) is 0.467. The van der Waals surface area contributed by atoms with E-state index in [-0.39, 0.29) is 21.6 Å². The molecular weight excluding hydrogens is 784 g/mol. The van der Waals surface area contributed by atoms with E-state index in [1.54, 1.807) is 24.4 Å². The zero-order valence-corrected chi connectivity index (χ0v) is 35.6. The number of H-pyrrole nitrogens is 1. The Labute approximate surface area is 352 Å². The number of aromatic nitrogens is 2. The van der Waals surface area contributed by atoms with Crippen molar-refractivity contribution in [3.05, 3.63) is 112 Å². The van der Waals surface area contributed by atoms with Crippen molar-refractivity contribution in [3.8, 4) is 11.5 Å². The quantitative estimate of drug-likeness (QED) is 0.113. The number of anilines is 2. The maximum atomic E-state index is 14.0. The van der Waals surface area contributed by atoms with E-state index in [2.05, 4.69) is 56.0 Å². The van der Waals surface area contributed by atoms with Crippen LogP contribution in [0.15, 0.2) is 95.5 Å². The molecule has 0 saturated carbocycles. The zero-order valence-electron chi connectivity index (χ0n) is 34.0. The van der Waals surface area contributed by atoms with Crippen LogP contribution in [0, 0.1) is 18.3 Å². The fourth-order valence-electron chi connectivity index (χ4n) is 8.47. The number of amides is 1. The number of carbonyl (C=O) groups excluding carboxylic acids is 1. The SMILES string of the molecule is Cc1cc(S(=O)(=O)NC(=O)c2ccc(N3CCN(CC4=C(c5ccc(Cl)cc5)CC(C)(C)CC4)CC3)cc2Oc2cccc3[nH]ncc23)ccc1NCC1CCOCC1. The van der Waals surface area contributed by atoms with Crippen molar-refractivity contribution in [2.45, 2.75) is 57.8 Å². The molecule has 1 aromatic heterocycles. The van der Waals surface area contributed by atoms with Gasteiger partial charge in [0, 0.05) is 74.9 Å². The molecule has 0 atom stereocenters. The molecule has 1 amide bonds. The van der Waals surface area contributed by atoms with E-state index < -0.39 is 15.9 Å². The van der Waals surface area contributed by atoms with Crippen molar-refractivity contribution in [1.29, 1.82) is 0 Å².